The lowest BCUT2D eigenvalue weighted by Gasteiger charge is -2.04. The highest BCUT2D eigenvalue weighted by atomic mass is 19.1. The maximum atomic E-state index is 13.0. The standard InChI is InChI=1S/C12H12FO/c1-2-3-4-7-10-14-12-9-6-5-8-11(12)13/h5-6,9H,4,7,10H2,1H3. The minimum atomic E-state index is -0.436. The van der Waals surface area contributed by atoms with Gasteiger partial charge in [-0.05, 0) is 19.4 Å². The zero-order chi connectivity index (χ0) is 10.2. The van der Waals surface area contributed by atoms with Crippen LogP contribution in [0.3, 0.4) is 0 Å². The van der Waals surface area contributed by atoms with E-state index in [4.69, 9.17) is 4.74 Å². The van der Waals surface area contributed by atoms with Crippen LogP contribution in [0.2, 0.25) is 0 Å². The summed E-state index contributed by atoms with van der Waals surface area (Å²) >= 11 is 0. The van der Waals surface area contributed by atoms with Crippen molar-refractivity contribution in [2.24, 2.45) is 0 Å². The molecule has 0 aliphatic rings. The van der Waals surface area contributed by atoms with E-state index in [2.05, 4.69) is 17.9 Å². The smallest absolute Gasteiger partial charge is 0.172 e. The number of ether oxygens (including phenoxy) is 1. The van der Waals surface area contributed by atoms with Gasteiger partial charge in [-0.1, -0.05) is 12.1 Å². The summed E-state index contributed by atoms with van der Waals surface area (Å²) in [6.07, 6.45) is 1.60. The number of halogens is 1. The van der Waals surface area contributed by atoms with Crippen molar-refractivity contribution < 1.29 is 9.13 Å². The molecule has 0 amide bonds. The summed E-state index contributed by atoms with van der Waals surface area (Å²) in [7, 11) is 0. The van der Waals surface area contributed by atoms with E-state index < -0.39 is 5.82 Å². The van der Waals surface area contributed by atoms with E-state index >= 15 is 0 Å². The second-order valence-corrected chi connectivity index (χ2v) is 2.73. The topological polar surface area (TPSA) is 9.23 Å². The monoisotopic (exact) mass is 191 g/mol. The van der Waals surface area contributed by atoms with E-state index in [9.17, 15) is 4.39 Å². The van der Waals surface area contributed by atoms with Crippen molar-refractivity contribution >= 4 is 0 Å². The SMILES string of the molecule is CC#CCCCOc1ccc[c]c1F. The molecule has 0 N–H and O–H groups in total. The normalized spacial score (nSPS) is 9.00. The fourth-order valence-electron chi connectivity index (χ4n) is 0.980. The van der Waals surface area contributed by atoms with Gasteiger partial charge in [0, 0.05) is 12.5 Å². The van der Waals surface area contributed by atoms with Crippen molar-refractivity contribution in [2.45, 2.75) is 19.8 Å². The van der Waals surface area contributed by atoms with E-state index in [1.165, 1.54) is 6.07 Å². The van der Waals surface area contributed by atoms with Crippen LogP contribution in [0.4, 0.5) is 4.39 Å². The summed E-state index contributed by atoms with van der Waals surface area (Å²) in [4.78, 5) is 0. The first-order chi connectivity index (χ1) is 6.84. The maximum absolute atomic E-state index is 13.0. The molecule has 0 atom stereocenters. The predicted molar refractivity (Wildman–Crippen MR) is 53.4 cm³/mol. The Bertz CT molecular complexity index is 336. The van der Waals surface area contributed by atoms with Gasteiger partial charge in [-0.2, -0.15) is 0 Å². The summed E-state index contributed by atoms with van der Waals surface area (Å²) in [6, 6.07) is 7.24. The number of hydrogen-bond acceptors (Lipinski definition) is 1. The van der Waals surface area contributed by atoms with Crippen LogP contribution in [0.25, 0.3) is 0 Å². The summed E-state index contributed by atoms with van der Waals surface area (Å²) in [5, 5.41) is 0. The van der Waals surface area contributed by atoms with Gasteiger partial charge >= 0.3 is 0 Å². The van der Waals surface area contributed by atoms with Crippen LogP contribution in [0.15, 0.2) is 18.2 Å². The van der Waals surface area contributed by atoms with Gasteiger partial charge in [-0.15, -0.1) is 11.8 Å². The van der Waals surface area contributed by atoms with Crippen molar-refractivity contribution in [3.05, 3.63) is 30.1 Å². The Kier molecular flexibility index (Phi) is 4.57. The summed E-state index contributed by atoms with van der Waals surface area (Å²) in [6.45, 7) is 2.29. The lowest BCUT2D eigenvalue weighted by molar-refractivity contribution is 0.297. The Labute approximate surface area is 83.9 Å². The van der Waals surface area contributed by atoms with Crippen molar-refractivity contribution in [3.8, 4) is 17.6 Å². The van der Waals surface area contributed by atoms with Crippen LogP contribution >= 0.6 is 0 Å². The third-order valence-corrected chi connectivity index (χ3v) is 1.65. The molecule has 0 saturated carbocycles. The van der Waals surface area contributed by atoms with Gasteiger partial charge in [0.15, 0.2) is 11.6 Å². The molecule has 1 radical (unpaired) electrons. The Balaban J connectivity index is 2.30. The zero-order valence-corrected chi connectivity index (χ0v) is 8.14. The molecular weight excluding hydrogens is 179 g/mol. The van der Waals surface area contributed by atoms with E-state index in [-0.39, 0.29) is 5.75 Å². The van der Waals surface area contributed by atoms with E-state index in [0.29, 0.717) is 6.61 Å². The molecule has 1 aromatic rings. The van der Waals surface area contributed by atoms with Crippen LogP contribution in [0.1, 0.15) is 19.8 Å². The first-order valence-electron chi connectivity index (χ1n) is 4.53. The lowest BCUT2D eigenvalue weighted by Crippen LogP contribution is -1.98. The second-order valence-electron chi connectivity index (χ2n) is 2.73. The van der Waals surface area contributed by atoms with Crippen LogP contribution in [0.5, 0.6) is 5.75 Å². The highest BCUT2D eigenvalue weighted by Crippen LogP contribution is 2.14. The molecule has 2 heteroatoms. The molecule has 0 unspecified atom stereocenters. The highest BCUT2D eigenvalue weighted by molar-refractivity contribution is 5.22. The van der Waals surface area contributed by atoms with Crippen molar-refractivity contribution in [2.75, 3.05) is 6.61 Å². The molecule has 0 aromatic heterocycles. The molecule has 1 rings (SSSR count). The molecule has 0 spiro atoms. The van der Waals surface area contributed by atoms with Gasteiger partial charge in [-0.3, -0.25) is 0 Å². The average molecular weight is 191 g/mol. The number of hydrogen-bond donors (Lipinski definition) is 0. The van der Waals surface area contributed by atoms with E-state index in [1.807, 2.05) is 0 Å². The minimum absolute atomic E-state index is 0.261. The van der Waals surface area contributed by atoms with Gasteiger partial charge in [-0.25, -0.2) is 4.39 Å². The van der Waals surface area contributed by atoms with Crippen molar-refractivity contribution in [1.82, 2.24) is 0 Å². The highest BCUT2D eigenvalue weighted by Gasteiger charge is 2.00. The molecule has 14 heavy (non-hydrogen) atoms. The number of rotatable bonds is 4. The Hall–Kier alpha value is -1.49. The van der Waals surface area contributed by atoms with E-state index in [1.54, 1.807) is 19.1 Å². The summed E-state index contributed by atoms with van der Waals surface area (Å²) in [5.74, 6) is 5.53. The van der Waals surface area contributed by atoms with Gasteiger partial charge in [0.25, 0.3) is 0 Å². The Morgan fingerprint density at radius 1 is 1.57 bits per heavy atom. The molecule has 1 nitrogen and oxygen atoms in total. The third-order valence-electron chi connectivity index (χ3n) is 1.65. The molecule has 0 aliphatic carbocycles. The van der Waals surface area contributed by atoms with Gasteiger partial charge in [0.05, 0.1) is 6.61 Å². The lowest BCUT2D eigenvalue weighted by atomic mass is 10.3. The molecule has 0 bridgehead atoms. The molecule has 73 valence electrons. The van der Waals surface area contributed by atoms with Crippen LogP contribution < -0.4 is 4.74 Å². The van der Waals surface area contributed by atoms with Crippen molar-refractivity contribution in [1.29, 1.82) is 0 Å². The molecule has 0 aliphatic heterocycles. The molecule has 0 fully saturated rings. The fraction of sp³-hybridized carbons (Fsp3) is 0.333. The second kappa shape index (κ2) is 6.04. The maximum Gasteiger partial charge on any atom is 0.172 e. The van der Waals surface area contributed by atoms with E-state index in [0.717, 1.165) is 12.8 Å². The Morgan fingerprint density at radius 2 is 2.43 bits per heavy atom. The number of unbranched alkanes of at least 4 members (excludes halogenated alkanes) is 1. The molecule has 0 saturated heterocycles. The van der Waals surface area contributed by atoms with Crippen molar-refractivity contribution in [3.63, 3.8) is 0 Å². The molecular formula is C12H12FO. The predicted octanol–water partition coefficient (Wildman–Crippen LogP) is 2.81. The first-order valence-corrected chi connectivity index (χ1v) is 4.53. The largest absolute Gasteiger partial charge is 0.490 e. The van der Waals surface area contributed by atoms with Gasteiger partial charge in [0.1, 0.15) is 0 Å². The average Bonchev–Trinajstić information content (AvgIpc) is 2.20. The molecule has 1 aromatic carbocycles. The van der Waals surface area contributed by atoms with Gasteiger partial charge < -0.3 is 4.74 Å². The molecule has 0 heterocycles. The fourth-order valence-corrected chi connectivity index (χ4v) is 0.980. The third kappa shape index (κ3) is 3.49. The zero-order valence-electron chi connectivity index (χ0n) is 8.14. The van der Waals surface area contributed by atoms with Crippen LogP contribution in [0, 0.1) is 23.7 Å². The minimum Gasteiger partial charge on any atom is -0.490 e. The number of benzene rings is 1. The van der Waals surface area contributed by atoms with Crippen LogP contribution in [-0.4, -0.2) is 6.61 Å². The van der Waals surface area contributed by atoms with Gasteiger partial charge in [0.2, 0.25) is 0 Å². The summed E-state index contributed by atoms with van der Waals surface area (Å²) in [5.41, 5.74) is 0. The Morgan fingerprint density at radius 3 is 3.14 bits per heavy atom. The summed E-state index contributed by atoms with van der Waals surface area (Å²) < 4.78 is 18.2. The quantitative estimate of drug-likeness (QED) is 0.525. The van der Waals surface area contributed by atoms with Crippen LogP contribution in [-0.2, 0) is 0 Å². The first kappa shape index (κ1) is 10.6.